The third-order valence-corrected chi connectivity index (χ3v) is 10.7. The first-order valence-corrected chi connectivity index (χ1v) is 17.0. The Morgan fingerprint density at radius 2 is 0.692 bits per heavy atom. The topological polar surface area (TPSA) is 6.48 Å². The third kappa shape index (κ3) is 5.26. The second-order valence-electron chi connectivity index (χ2n) is 14.5. The van der Waals surface area contributed by atoms with E-state index in [0.717, 1.165) is 57.1 Å². The molecule has 0 aliphatic carbocycles. The number of alkyl halides is 6. The Morgan fingerprint density at radius 1 is 0.385 bits per heavy atom. The summed E-state index contributed by atoms with van der Waals surface area (Å²) in [6.07, 6.45) is -9.01. The Hall–Kier alpha value is -5.50. The van der Waals surface area contributed by atoms with E-state index in [1.165, 1.54) is 12.1 Å². The molecule has 2 nitrogen and oxygen atoms in total. The lowest BCUT2D eigenvalue weighted by Crippen LogP contribution is -2.31. The normalized spacial score (nSPS) is 15.7. The minimum absolute atomic E-state index is 0.554. The van der Waals surface area contributed by atoms with Gasteiger partial charge in [0.2, 0.25) is 0 Å². The van der Waals surface area contributed by atoms with E-state index in [-0.39, 0.29) is 0 Å². The summed E-state index contributed by atoms with van der Waals surface area (Å²) in [5.74, 6) is 0. The summed E-state index contributed by atoms with van der Waals surface area (Å²) < 4.78 is 84.3. The van der Waals surface area contributed by atoms with Gasteiger partial charge in [-0.2, -0.15) is 26.3 Å². The molecule has 8 heteroatoms. The molecule has 0 atom stereocenters. The van der Waals surface area contributed by atoms with Gasteiger partial charge in [-0.1, -0.05) is 76.2 Å². The maximum absolute atomic E-state index is 14.0. The number of nitrogens with zero attached hydrogens (tertiary/aromatic N) is 2. The molecule has 0 unspecified atom stereocenters. The first-order valence-electron chi connectivity index (χ1n) is 17.0. The Morgan fingerprint density at radius 3 is 1.02 bits per heavy atom. The SMILES string of the molecule is CC1(C)c2cc(-c3ccc4c(c3)C(C)(C)c3cc(C(F)(F)F)ccc3N4c3ccccc3)ccc2N(c2ccccc2)c2ccc(C(F)(F)F)cc21. The van der Waals surface area contributed by atoms with Crippen LogP contribution >= 0.6 is 0 Å². The second-order valence-corrected chi connectivity index (χ2v) is 14.5. The third-order valence-electron chi connectivity index (χ3n) is 10.7. The van der Waals surface area contributed by atoms with Crippen LogP contribution in [0.2, 0.25) is 0 Å². The Bertz CT molecular complexity index is 2170. The highest BCUT2D eigenvalue weighted by Gasteiger charge is 2.42. The van der Waals surface area contributed by atoms with Crippen LogP contribution in [0.5, 0.6) is 0 Å². The van der Waals surface area contributed by atoms with Crippen LogP contribution in [0.25, 0.3) is 11.1 Å². The van der Waals surface area contributed by atoms with E-state index in [4.69, 9.17) is 0 Å². The smallest absolute Gasteiger partial charge is 0.310 e. The van der Waals surface area contributed by atoms with Crippen LogP contribution in [0.4, 0.5) is 60.5 Å². The molecule has 0 spiro atoms. The fourth-order valence-corrected chi connectivity index (χ4v) is 7.90. The number of halogens is 6. The zero-order chi connectivity index (χ0) is 36.8. The van der Waals surface area contributed by atoms with Crippen LogP contribution in [0.1, 0.15) is 61.1 Å². The van der Waals surface area contributed by atoms with Gasteiger partial charge < -0.3 is 9.80 Å². The van der Waals surface area contributed by atoms with E-state index in [1.54, 1.807) is 12.1 Å². The molecule has 52 heavy (non-hydrogen) atoms. The molecule has 0 fully saturated rings. The summed E-state index contributed by atoms with van der Waals surface area (Å²) in [7, 11) is 0. The van der Waals surface area contributed by atoms with Gasteiger partial charge in [0.25, 0.3) is 0 Å². The van der Waals surface area contributed by atoms with E-state index in [0.29, 0.717) is 22.5 Å². The van der Waals surface area contributed by atoms with Crippen molar-refractivity contribution in [1.29, 1.82) is 0 Å². The van der Waals surface area contributed by atoms with Gasteiger partial charge in [-0.25, -0.2) is 0 Å². The van der Waals surface area contributed by atoms with Crippen LogP contribution < -0.4 is 9.80 Å². The van der Waals surface area contributed by atoms with E-state index in [2.05, 4.69) is 0 Å². The number of para-hydroxylation sites is 2. The van der Waals surface area contributed by atoms with Crippen molar-refractivity contribution in [2.75, 3.05) is 9.80 Å². The van der Waals surface area contributed by atoms with E-state index in [1.807, 2.05) is 135 Å². The van der Waals surface area contributed by atoms with Gasteiger partial charge in [-0.15, -0.1) is 0 Å². The van der Waals surface area contributed by atoms with Crippen LogP contribution in [0, 0.1) is 0 Å². The van der Waals surface area contributed by atoms with Gasteiger partial charge in [0.1, 0.15) is 0 Å². The lowest BCUT2D eigenvalue weighted by molar-refractivity contribution is -0.138. The van der Waals surface area contributed by atoms with Crippen molar-refractivity contribution in [3.8, 4) is 11.1 Å². The molecule has 0 N–H and O–H groups in total. The number of benzene rings is 6. The zero-order valence-electron chi connectivity index (χ0n) is 28.9. The molecule has 2 heterocycles. The van der Waals surface area contributed by atoms with Gasteiger partial charge in [0.05, 0.1) is 33.9 Å². The zero-order valence-corrected chi connectivity index (χ0v) is 28.9. The van der Waals surface area contributed by atoms with Gasteiger partial charge in [0, 0.05) is 22.2 Å². The summed E-state index contributed by atoms with van der Waals surface area (Å²) in [6.45, 7) is 7.78. The average molecular weight is 705 g/mol. The summed E-state index contributed by atoms with van der Waals surface area (Å²) in [5.41, 5.74) is 6.17. The lowest BCUT2D eigenvalue weighted by Gasteiger charge is -2.43. The molecule has 262 valence electrons. The van der Waals surface area contributed by atoms with Gasteiger partial charge >= 0.3 is 12.4 Å². The van der Waals surface area contributed by atoms with Crippen molar-refractivity contribution in [2.24, 2.45) is 0 Å². The molecule has 2 aliphatic rings. The van der Waals surface area contributed by atoms with E-state index < -0.39 is 34.3 Å². The monoisotopic (exact) mass is 704 g/mol. The molecule has 2 aliphatic heterocycles. The number of anilines is 6. The summed E-state index contributed by atoms with van der Waals surface area (Å²) >= 11 is 0. The predicted octanol–water partition coefficient (Wildman–Crippen LogP) is 13.6. The first-order chi connectivity index (χ1) is 24.6. The maximum Gasteiger partial charge on any atom is 0.416 e. The molecule has 8 rings (SSSR count). The minimum Gasteiger partial charge on any atom is -0.310 e. The number of rotatable bonds is 3. The predicted molar refractivity (Wildman–Crippen MR) is 196 cm³/mol. The van der Waals surface area contributed by atoms with Crippen LogP contribution in [-0.2, 0) is 23.2 Å². The highest BCUT2D eigenvalue weighted by Crippen LogP contribution is 2.56. The van der Waals surface area contributed by atoms with Crippen molar-refractivity contribution in [3.05, 3.63) is 167 Å². The minimum atomic E-state index is -4.51. The van der Waals surface area contributed by atoms with Crippen LogP contribution in [0.3, 0.4) is 0 Å². The number of hydrogen-bond acceptors (Lipinski definition) is 2. The quantitative estimate of drug-likeness (QED) is 0.169. The van der Waals surface area contributed by atoms with E-state index in [9.17, 15) is 26.3 Å². The molecule has 6 aromatic rings. The van der Waals surface area contributed by atoms with Crippen molar-refractivity contribution in [3.63, 3.8) is 0 Å². The molecule has 0 radical (unpaired) electrons. The number of fused-ring (bicyclic) bond motifs is 4. The van der Waals surface area contributed by atoms with Crippen molar-refractivity contribution < 1.29 is 26.3 Å². The summed E-state index contributed by atoms with van der Waals surface area (Å²) in [5, 5.41) is 0. The standard InChI is InChI=1S/C44H34F6N2/c1-41(2)33-23-27(15-19-37(33)51(31-11-7-5-8-12-31)39-21-17-29(25-35(39)41)43(45,46)47)28-16-20-38-34(24-28)42(3,4)36-26-30(44(48,49)50)18-22-40(36)52(38)32-13-9-6-10-14-32/h5-26H,1-4H3. The van der Waals surface area contributed by atoms with Crippen molar-refractivity contribution in [2.45, 2.75) is 50.9 Å². The Kier molecular flexibility index (Phi) is 7.44. The van der Waals surface area contributed by atoms with Crippen LogP contribution in [-0.4, -0.2) is 0 Å². The first kappa shape index (κ1) is 33.6. The van der Waals surface area contributed by atoms with E-state index >= 15 is 0 Å². The molecule has 0 aromatic heterocycles. The molecule has 0 bridgehead atoms. The van der Waals surface area contributed by atoms with Gasteiger partial charge in [-0.05, 0) is 118 Å². The fraction of sp³-hybridized carbons (Fsp3) is 0.182. The average Bonchev–Trinajstić information content (AvgIpc) is 3.11. The maximum atomic E-state index is 14.0. The highest BCUT2D eigenvalue weighted by molar-refractivity contribution is 5.90. The molecular formula is C44H34F6N2. The Labute approximate surface area is 298 Å². The number of hydrogen-bond donors (Lipinski definition) is 0. The molecule has 6 aromatic carbocycles. The largest absolute Gasteiger partial charge is 0.416 e. The summed E-state index contributed by atoms with van der Waals surface area (Å²) in [4.78, 5) is 4.01. The fourth-order valence-electron chi connectivity index (χ4n) is 7.90. The van der Waals surface area contributed by atoms with Crippen LogP contribution in [0.15, 0.2) is 133 Å². The molecule has 0 amide bonds. The Balaban J connectivity index is 1.31. The molecular weight excluding hydrogens is 670 g/mol. The second kappa shape index (κ2) is 11.5. The lowest BCUT2D eigenvalue weighted by atomic mass is 9.71. The van der Waals surface area contributed by atoms with Crippen molar-refractivity contribution >= 4 is 34.1 Å². The van der Waals surface area contributed by atoms with Gasteiger partial charge in [-0.3, -0.25) is 0 Å². The van der Waals surface area contributed by atoms with Gasteiger partial charge in [0.15, 0.2) is 0 Å². The van der Waals surface area contributed by atoms with Crippen molar-refractivity contribution in [1.82, 2.24) is 0 Å². The summed E-state index contributed by atoms with van der Waals surface area (Å²) in [6, 6.07) is 39.1. The molecule has 0 saturated carbocycles. The highest BCUT2D eigenvalue weighted by atomic mass is 19.4. The molecule has 0 saturated heterocycles.